The molecule has 0 unspecified atom stereocenters. The third kappa shape index (κ3) is 3.15. The lowest BCUT2D eigenvalue weighted by Crippen LogP contribution is -2.14. The standard InChI is InChI=1S/C15H20N2O2/c1-10-5-6-15(18-4)13(7-10)8-16-9-14-11(2)17-19-12(14)3/h5-7,16H,8-9H2,1-4H3. The quantitative estimate of drug-likeness (QED) is 0.898. The van der Waals surface area contributed by atoms with Crippen LogP contribution in [0.25, 0.3) is 0 Å². The average Bonchev–Trinajstić information content (AvgIpc) is 2.70. The predicted octanol–water partition coefficient (Wildman–Crippen LogP) is 2.90. The largest absolute Gasteiger partial charge is 0.496 e. The Balaban J connectivity index is 2.01. The van der Waals surface area contributed by atoms with Gasteiger partial charge < -0.3 is 14.6 Å². The van der Waals surface area contributed by atoms with Gasteiger partial charge in [0.05, 0.1) is 12.8 Å². The second kappa shape index (κ2) is 5.89. The molecule has 0 bridgehead atoms. The Hall–Kier alpha value is -1.81. The fourth-order valence-electron chi connectivity index (χ4n) is 2.12. The first-order valence-corrected chi connectivity index (χ1v) is 6.37. The monoisotopic (exact) mass is 260 g/mol. The van der Waals surface area contributed by atoms with E-state index in [1.54, 1.807) is 7.11 Å². The molecule has 4 heteroatoms. The molecule has 0 saturated heterocycles. The smallest absolute Gasteiger partial charge is 0.138 e. The van der Waals surface area contributed by atoms with Gasteiger partial charge >= 0.3 is 0 Å². The molecule has 19 heavy (non-hydrogen) atoms. The van der Waals surface area contributed by atoms with Crippen molar-refractivity contribution >= 4 is 0 Å². The highest BCUT2D eigenvalue weighted by Gasteiger charge is 2.09. The second-order valence-electron chi connectivity index (χ2n) is 4.72. The first kappa shape index (κ1) is 13.6. The zero-order chi connectivity index (χ0) is 13.8. The molecule has 0 amide bonds. The molecular weight excluding hydrogens is 240 g/mol. The van der Waals surface area contributed by atoms with Crippen LogP contribution in [-0.4, -0.2) is 12.3 Å². The molecule has 2 rings (SSSR count). The van der Waals surface area contributed by atoms with Crippen LogP contribution in [0.2, 0.25) is 0 Å². The van der Waals surface area contributed by atoms with E-state index in [4.69, 9.17) is 9.26 Å². The summed E-state index contributed by atoms with van der Waals surface area (Å²) in [5, 5.41) is 7.36. The van der Waals surface area contributed by atoms with Crippen molar-refractivity contribution in [2.75, 3.05) is 7.11 Å². The van der Waals surface area contributed by atoms with Crippen LogP contribution < -0.4 is 10.1 Å². The lowest BCUT2D eigenvalue weighted by molar-refractivity contribution is 0.391. The molecule has 102 valence electrons. The molecule has 0 aliphatic heterocycles. The zero-order valence-corrected chi connectivity index (χ0v) is 11.9. The number of rotatable bonds is 5. The van der Waals surface area contributed by atoms with Gasteiger partial charge in [-0.3, -0.25) is 0 Å². The van der Waals surface area contributed by atoms with Crippen molar-refractivity contribution in [1.29, 1.82) is 0 Å². The van der Waals surface area contributed by atoms with Gasteiger partial charge in [-0.05, 0) is 26.8 Å². The molecule has 1 aromatic heterocycles. The molecule has 0 spiro atoms. The molecule has 1 heterocycles. The Kier molecular flexibility index (Phi) is 4.22. The maximum atomic E-state index is 5.36. The van der Waals surface area contributed by atoms with Crippen molar-refractivity contribution in [1.82, 2.24) is 10.5 Å². The minimum Gasteiger partial charge on any atom is -0.496 e. The third-order valence-corrected chi connectivity index (χ3v) is 3.23. The highest BCUT2D eigenvalue weighted by molar-refractivity contribution is 5.36. The third-order valence-electron chi connectivity index (χ3n) is 3.23. The van der Waals surface area contributed by atoms with Gasteiger partial charge in [-0.15, -0.1) is 0 Å². The van der Waals surface area contributed by atoms with Gasteiger partial charge in [-0.2, -0.15) is 0 Å². The van der Waals surface area contributed by atoms with Crippen LogP contribution in [0.1, 0.15) is 28.1 Å². The second-order valence-corrected chi connectivity index (χ2v) is 4.72. The van der Waals surface area contributed by atoms with E-state index in [0.717, 1.165) is 41.4 Å². The van der Waals surface area contributed by atoms with E-state index < -0.39 is 0 Å². The molecule has 1 aromatic carbocycles. The lowest BCUT2D eigenvalue weighted by Gasteiger charge is -2.10. The van der Waals surface area contributed by atoms with Crippen LogP contribution in [0.3, 0.4) is 0 Å². The number of benzene rings is 1. The predicted molar refractivity (Wildman–Crippen MR) is 74.3 cm³/mol. The normalized spacial score (nSPS) is 10.7. The highest BCUT2D eigenvalue weighted by atomic mass is 16.5. The van der Waals surface area contributed by atoms with Gasteiger partial charge in [0.15, 0.2) is 0 Å². The van der Waals surface area contributed by atoms with Crippen molar-refractivity contribution in [2.24, 2.45) is 0 Å². The van der Waals surface area contributed by atoms with Crippen LogP contribution in [0.4, 0.5) is 0 Å². The molecule has 4 nitrogen and oxygen atoms in total. The summed E-state index contributed by atoms with van der Waals surface area (Å²) < 4.78 is 10.5. The number of aromatic nitrogens is 1. The maximum Gasteiger partial charge on any atom is 0.138 e. The number of methoxy groups -OCH3 is 1. The van der Waals surface area contributed by atoms with Crippen LogP contribution in [0, 0.1) is 20.8 Å². The number of aryl methyl sites for hydroxylation is 3. The van der Waals surface area contributed by atoms with E-state index in [-0.39, 0.29) is 0 Å². The van der Waals surface area contributed by atoms with Crippen molar-refractivity contribution in [3.8, 4) is 5.75 Å². The number of nitrogens with one attached hydrogen (secondary N) is 1. The molecule has 1 N–H and O–H groups in total. The van der Waals surface area contributed by atoms with E-state index in [2.05, 4.69) is 29.5 Å². The molecule has 0 fully saturated rings. The summed E-state index contributed by atoms with van der Waals surface area (Å²) in [6.07, 6.45) is 0. The number of ether oxygens (including phenoxy) is 1. The number of nitrogens with zero attached hydrogens (tertiary/aromatic N) is 1. The van der Waals surface area contributed by atoms with E-state index in [1.807, 2.05) is 19.9 Å². The summed E-state index contributed by atoms with van der Waals surface area (Å²) in [6, 6.07) is 6.19. The van der Waals surface area contributed by atoms with Gasteiger partial charge in [-0.1, -0.05) is 22.9 Å². The zero-order valence-electron chi connectivity index (χ0n) is 11.9. The fourth-order valence-corrected chi connectivity index (χ4v) is 2.12. The van der Waals surface area contributed by atoms with Crippen molar-refractivity contribution < 1.29 is 9.26 Å². The summed E-state index contributed by atoms with van der Waals surface area (Å²) in [4.78, 5) is 0. The molecule has 2 aromatic rings. The Bertz CT molecular complexity index is 542. The Morgan fingerprint density at radius 3 is 2.63 bits per heavy atom. The maximum absolute atomic E-state index is 5.36. The Morgan fingerprint density at radius 1 is 1.21 bits per heavy atom. The van der Waals surface area contributed by atoms with E-state index >= 15 is 0 Å². The van der Waals surface area contributed by atoms with Crippen molar-refractivity contribution in [3.05, 3.63) is 46.3 Å². The van der Waals surface area contributed by atoms with Crippen LogP contribution in [-0.2, 0) is 13.1 Å². The minimum atomic E-state index is 0.748. The summed E-state index contributed by atoms with van der Waals surface area (Å²) >= 11 is 0. The van der Waals surface area contributed by atoms with Crippen LogP contribution >= 0.6 is 0 Å². The van der Waals surface area contributed by atoms with Crippen molar-refractivity contribution in [2.45, 2.75) is 33.9 Å². The van der Waals surface area contributed by atoms with Crippen LogP contribution in [0.15, 0.2) is 22.7 Å². The van der Waals surface area contributed by atoms with E-state index in [0.29, 0.717) is 0 Å². The minimum absolute atomic E-state index is 0.748. The summed E-state index contributed by atoms with van der Waals surface area (Å²) in [5.41, 5.74) is 4.47. The van der Waals surface area contributed by atoms with Gasteiger partial charge in [0.2, 0.25) is 0 Å². The van der Waals surface area contributed by atoms with Crippen molar-refractivity contribution in [3.63, 3.8) is 0 Å². The molecule has 0 aliphatic rings. The fraction of sp³-hybridized carbons (Fsp3) is 0.400. The van der Waals surface area contributed by atoms with Gasteiger partial charge in [0.1, 0.15) is 11.5 Å². The summed E-state index contributed by atoms with van der Waals surface area (Å²) in [6.45, 7) is 7.48. The summed E-state index contributed by atoms with van der Waals surface area (Å²) in [5.74, 6) is 1.79. The molecule has 0 atom stereocenters. The van der Waals surface area contributed by atoms with Gasteiger partial charge in [0.25, 0.3) is 0 Å². The first-order valence-electron chi connectivity index (χ1n) is 6.37. The number of hydrogen-bond acceptors (Lipinski definition) is 4. The average molecular weight is 260 g/mol. The topological polar surface area (TPSA) is 47.3 Å². The molecule has 0 saturated carbocycles. The molecule has 0 radical (unpaired) electrons. The SMILES string of the molecule is COc1ccc(C)cc1CNCc1c(C)noc1C. The van der Waals surface area contributed by atoms with Crippen LogP contribution in [0.5, 0.6) is 5.75 Å². The number of hydrogen-bond donors (Lipinski definition) is 1. The molecule has 0 aliphatic carbocycles. The molecular formula is C15H20N2O2. The lowest BCUT2D eigenvalue weighted by atomic mass is 10.1. The Labute approximate surface area is 113 Å². The Morgan fingerprint density at radius 2 is 2.00 bits per heavy atom. The van der Waals surface area contributed by atoms with E-state index in [9.17, 15) is 0 Å². The van der Waals surface area contributed by atoms with Gasteiger partial charge in [0, 0.05) is 24.2 Å². The first-order chi connectivity index (χ1) is 9.11. The summed E-state index contributed by atoms with van der Waals surface area (Å²) in [7, 11) is 1.70. The van der Waals surface area contributed by atoms with E-state index in [1.165, 1.54) is 5.56 Å². The van der Waals surface area contributed by atoms with Gasteiger partial charge in [-0.25, -0.2) is 0 Å². The highest BCUT2D eigenvalue weighted by Crippen LogP contribution is 2.19.